The lowest BCUT2D eigenvalue weighted by atomic mass is 10.2. The summed E-state index contributed by atoms with van der Waals surface area (Å²) in [6.07, 6.45) is 0. The summed E-state index contributed by atoms with van der Waals surface area (Å²) >= 11 is 0. The highest BCUT2D eigenvalue weighted by Gasteiger charge is 2.13. The molecule has 0 unspecified atom stereocenters. The molecule has 0 atom stereocenters. The second kappa shape index (κ2) is 3.50. The number of carbonyl (C=O) groups excluding carboxylic acids is 1. The minimum absolute atomic E-state index is 0.0287. The van der Waals surface area contributed by atoms with Gasteiger partial charge in [-0.25, -0.2) is 9.64 Å². The lowest BCUT2D eigenvalue weighted by molar-refractivity contribution is -0.131. The first-order valence-corrected chi connectivity index (χ1v) is 3.40. The molecule has 64 valence electrons. The Morgan fingerprint density at radius 3 is 2.62 bits per heavy atom. The predicted octanol–water partition coefficient (Wildman–Crippen LogP) is 1.50. The first-order valence-electron chi connectivity index (χ1n) is 3.40. The number of nitrogens with zero attached hydrogens (tertiary/aromatic N) is 1. The lowest BCUT2D eigenvalue weighted by Gasteiger charge is -1.95. The molecule has 0 aliphatic rings. The van der Waals surface area contributed by atoms with Gasteiger partial charge in [0.1, 0.15) is 0 Å². The summed E-state index contributed by atoms with van der Waals surface area (Å²) in [5, 5.41) is 8.37. The normalized spacial score (nSPS) is 8.85. The molecule has 1 rings (SSSR count). The van der Waals surface area contributed by atoms with Gasteiger partial charge in [-0.15, -0.1) is 0 Å². The summed E-state index contributed by atoms with van der Waals surface area (Å²) in [6.45, 7) is 6.65. The van der Waals surface area contributed by atoms with Gasteiger partial charge in [0, 0.05) is 5.56 Å². The van der Waals surface area contributed by atoms with E-state index in [0.717, 1.165) is 0 Å². The van der Waals surface area contributed by atoms with Crippen molar-refractivity contribution in [3.8, 4) is 0 Å². The van der Waals surface area contributed by atoms with Crippen LogP contribution in [0.15, 0.2) is 24.3 Å². The molecule has 13 heavy (non-hydrogen) atoms. The zero-order chi connectivity index (χ0) is 9.84. The Bertz CT molecular complexity index is 404. The molecule has 4 nitrogen and oxygen atoms in total. The molecule has 0 aromatic heterocycles. The molecular weight excluding hydrogens is 172 g/mol. The van der Waals surface area contributed by atoms with E-state index in [-0.39, 0.29) is 11.3 Å². The van der Waals surface area contributed by atoms with Gasteiger partial charge in [0.05, 0.1) is 6.57 Å². The quantitative estimate of drug-likeness (QED) is 0.322. The maximum Gasteiger partial charge on any atom is 0.377 e. The van der Waals surface area contributed by atoms with Gasteiger partial charge in [-0.2, -0.15) is 0 Å². The smallest absolute Gasteiger partial charge is 0.377 e. The Morgan fingerprint density at radius 1 is 1.38 bits per heavy atom. The van der Waals surface area contributed by atoms with Gasteiger partial charge in [-0.3, -0.25) is 4.79 Å². The lowest BCUT2D eigenvalue weighted by Crippen LogP contribution is -2.12. The minimum Gasteiger partial charge on any atom is -0.475 e. The molecule has 1 aromatic carbocycles. The molecule has 1 N–H and O–H groups in total. The highest BCUT2D eigenvalue weighted by Crippen LogP contribution is 2.13. The van der Waals surface area contributed by atoms with Gasteiger partial charge in [0.25, 0.3) is 5.78 Å². The first-order chi connectivity index (χ1) is 6.15. The molecule has 0 aliphatic heterocycles. The summed E-state index contributed by atoms with van der Waals surface area (Å²) in [5.74, 6) is -2.51. The van der Waals surface area contributed by atoms with E-state index >= 15 is 0 Å². The Balaban J connectivity index is 3.11. The highest BCUT2D eigenvalue weighted by atomic mass is 16.5. The number of carboxylic acid groups (broad SMARTS) is 1. The third-order valence-corrected chi connectivity index (χ3v) is 1.43. The molecule has 4 heteroatoms. The zero-order valence-electron chi connectivity index (χ0n) is 6.52. The molecule has 0 fully saturated rings. The van der Waals surface area contributed by atoms with Crippen LogP contribution in [-0.4, -0.2) is 16.9 Å². The third kappa shape index (κ3) is 1.91. The molecule has 0 saturated carbocycles. The van der Waals surface area contributed by atoms with Crippen molar-refractivity contribution in [3.05, 3.63) is 41.2 Å². The number of hydrogen-bond acceptors (Lipinski definition) is 2. The van der Waals surface area contributed by atoms with Crippen molar-refractivity contribution >= 4 is 17.4 Å². The van der Waals surface area contributed by atoms with E-state index in [0.29, 0.717) is 0 Å². The van der Waals surface area contributed by atoms with Crippen molar-refractivity contribution in [2.24, 2.45) is 0 Å². The molecule has 0 radical (unpaired) electrons. The van der Waals surface area contributed by atoms with Crippen LogP contribution in [-0.2, 0) is 4.79 Å². The number of Topliss-reactive ketones (excluding diaryl/α,β-unsaturated/α-hetero) is 1. The number of hydrogen-bond donors (Lipinski definition) is 1. The number of carboxylic acids is 1. The molecule has 0 heterocycles. The average molecular weight is 177 g/mol. The van der Waals surface area contributed by atoms with Crippen LogP contribution in [0.25, 0.3) is 4.85 Å². The molecule has 1 aromatic rings. The third-order valence-electron chi connectivity index (χ3n) is 1.43. The molecular formula is C9H5NO3. The van der Waals surface area contributed by atoms with Crippen LogP contribution < -0.4 is 0 Å². The molecule has 0 amide bonds. The SMILES string of the molecule is [C-]#[N+]c1cccc([13C](=O)[13C](=O)O)c1. The summed E-state index contributed by atoms with van der Waals surface area (Å²) in [6, 6.07) is 5.60. The van der Waals surface area contributed by atoms with Crippen molar-refractivity contribution in [1.82, 2.24) is 0 Å². The zero-order valence-corrected chi connectivity index (χ0v) is 6.52. The van der Waals surface area contributed by atoms with Crippen molar-refractivity contribution in [1.29, 1.82) is 0 Å². The van der Waals surface area contributed by atoms with E-state index in [1.54, 1.807) is 0 Å². The Labute approximate surface area is 74.2 Å². The monoisotopic (exact) mass is 177 g/mol. The van der Waals surface area contributed by atoms with E-state index in [1.807, 2.05) is 0 Å². The van der Waals surface area contributed by atoms with E-state index in [9.17, 15) is 9.59 Å². The Kier molecular flexibility index (Phi) is 2.41. The largest absolute Gasteiger partial charge is 0.475 e. The van der Waals surface area contributed by atoms with Crippen molar-refractivity contribution in [2.75, 3.05) is 0 Å². The minimum atomic E-state index is -1.51. The van der Waals surface area contributed by atoms with Gasteiger partial charge in [-0.1, -0.05) is 18.2 Å². The second-order valence-corrected chi connectivity index (χ2v) is 2.30. The number of benzene rings is 1. The summed E-state index contributed by atoms with van der Waals surface area (Å²) in [4.78, 5) is 24.3. The van der Waals surface area contributed by atoms with Gasteiger partial charge in [0.15, 0.2) is 5.69 Å². The fourth-order valence-corrected chi connectivity index (χ4v) is 0.840. The maximum atomic E-state index is 10.9. The van der Waals surface area contributed by atoms with E-state index < -0.39 is 11.8 Å². The van der Waals surface area contributed by atoms with Gasteiger partial charge < -0.3 is 5.11 Å². The van der Waals surface area contributed by atoms with Crippen LogP contribution in [0, 0.1) is 6.57 Å². The fourth-order valence-electron chi connectivity index (χ4n) is 0.840. The van der Waals surface area contributed by atoms with Crippen LogP contribution >= 0.6 is 0 Å². The predicted molar refractivity (Wildman–Crippen MR) is 44.7 cm³/mol. The topological polar surface area (TPSA) is 58.7 Å². The second-order valence-electron chi connectivity index (χ2n) is 2.30. The van der Waals surface area contributed by atoms with Crippen LogP contribution in [0.2, 0.25) is 0 Å². The van der Waals surface area contributed by atoms with E-state index in [4.69, 9.17) is 11.7 Å². The number of carbonyl (C=O) groups is 2. The van der Waals surface area contributed by atoms with Crippen LogP contribution in [0.4, 0.5) is 5.69 Å². The Hall–Kier alpha value is -2.15. The number of ketones is 1. The highest BCUT2D eigenvalue weighted by molar-refractivity contribution is 6.39. The fraction of sp³-hybridized carbons (Fsp3) is 0. The van der Waals surface area contributed by atoms with Gasteiger partial charge in [0.2, 0.25) is 0 Å². The van der Waals surface area contributed by atoms with Crippen LogP contribution in [0.1, 0.15) is 10.4 Å². The van der Waals surface area contributed by atoms with E-state index in [2.05, 4.69) is 4.85 Å². The Morgan fingerprint density at radius 2 is 2.08 bits per heavy atom. The van der Waals surface area contributed by atoms with Crippen LogP contribution in [0.3, 0.4) is 0 Å². The summed E-state index contributed by atoms with van der Waals surface area (Å²) < 4.78 is 0. The maximum absolute atomic E-state index is 10.9. The van der Waals surface area contributed by atoms with Crippen molar-refractivity contribution in [3.63, 3.8) is 0 Å². The molecule has 0 saturated heterocycles. The van der Waals surface area contributed by atoms with E-state index in [1.165, 1.54) is 24.3 Å². The molecule has 0 aliphatic carbocycles. The van der Waals surface area contributed by atoms with Gasteiger partial charge >= 0.3 is 5.97 Å². The number of rotatable bonds is 2. The van der Waals surface area contributed by atoms with Crippen molar-refractivity contribution in [2.45, 2.75) is 0 Å². The van der Waals surface area contributed by atoms with Crippen molar-refractivity contribution < 1.29 is 14.7 Å². The summed E-state index contributed by atoms with van der Waals surface area (Å²) in [7, 11) is 0. The van der Waals surface area contributed by atoms with Gasteiger partial charge in [-0.05, 0) is 6.07 Å². The summed E-state index contributed by atoms with van der Waals surface area (Å²) in [5.41, 5.74) is 0.285. The number of aliphatic carboxylic acids is 1. The standard InChI is InChI=1S/C9H5NO3/c1-10-7-4-2-3-6(5-7)8(11)9(12)13/h2-5H,(H,12,13)/i8+1,9+1. The first kappa shape index (κ1) is 8.94. The molecule has 0 bridgehead atoms. The molecule has 0 spiro atoms. The van der Waals surface area contributed by atoms with Crippen LogP contribution in [0.5, 0.6) is 0 Å². The average Bonchev–Trinajstić information content (AvgIpc) is 2.16.